The normalized spacial score (nSPS) is 14.4. The second kappa shape index (κ2) is 11.4. The van der Waals surface area contributed by atoms with Crippen molar-refractivity contribution in [2.45, 2.75) is 50.6 Å². The van der Waals surface area contributed by atoms with E-state index >= 15 is 0 Å². The summed E-state index contributed by atoms with van der Waals surface area (Å²) in [6, 6.07) is 26.3. The highest BCUT2D eigenvalue weighted by Crippen LogP contribution is 2.33. The van der Waals surface area contributed by atoms with Crippen LogP contribution in [-0.4, -0.2) is 28.6 Å². The second-order valence-electron chi connectivity index (χ2n) is 9.06. The molecule has 5 nitrogen and oxygen atoms in total. The van der Waals surface area contributed by atoms with Crippen molar-refractivity contribution < 1.29 is 9.53 Å². The molecule has 5 rings (SSSR count). The number of halogens is 1. The Bertz CT molecular complexity index is 1270. The Morgan fingerprint density at radius 1 is 1.03 bits per heavy atom. The number of carbonyl (C=O) groups excluding carboxylic acids is 1. The van der Waals surface area contributed by atoms with Gasteiger partial charge in [-0.1, -0.05) is 67.4 Å². The molecule has 182 valence electrons. The summed E-state index contributed by atoms with van der Waals surface area (Å²) in [7, 11) is 1.67. The quantitative estimate of drug-likeness (QED) is 0.313. The summed E-state index contributed by atoms with van der Waals surface area (Å²) < 4.78 is 7.61. The van der Waals surface area contributed by atoms with Crippen molar-refractivity contribution >= 4 is 29.3 Å². The SMILES string of the molecule is COc1cccc(-c2nc3ccccc3n2C(CCc2ccccc2)C(=O)NC2CCCC2)c1.Cl. The summed E-state index contributed by atoms with van der Waals surface area (Å²) >= 11 is 0. The van der Waals surface area contributed by atoms with Gasteiger partial charge in [-0.2, -0.15) is 0 Å². The molecule has 0 aliphatic heterocycles. The molecule has 1 aliphatic carbocycles. The summed E-state index contributed by atoms with van der Waals surface area (Å²) in [6.07, 6.45) is 5.99. The number of benzene rings is 3. The third-order valence-corrected chi connectivity index (χ3v) is 6.79. The van der Waals surface area contributed by atoms with Crippen LogP contribution in [0.3, 0.4) is 0 Å². The molecule has 1 aliphatic rings. The minimum absolute atomic E-state index is 0. The zero-order valence-electron chi connectivity index (χ0n) is 20.0. The molecule has 0 spiro atoms. The Morgan fingerprint density at radius 3 is 2.54 bits per heavy atom. The standard InChI is InChI=1S/C29H31N3O2.ClH/c1-34-24-15-9-12-22(20-24)28-31-25-16-7-8-17-26(25)32(28)27(19-18-21-10-3-2-4-11-21)29(33)30-23-13-5-6-14-23;/h2-4,7-12,15-17,20,23,27H,5-6,13-14,18-19H2,1H3,(H,30,33);1H. The molecule has 1 saturated carbocycles. The van der Waals surface area contributed by atoms with Gasteiger partial charge in [0.05, 0.1) is 18.1 Å². The molecule has 1 amide bonds. The summed E-state index contributed by atoms with van der Waals surface area (Å²) in [6.45, 7) is 0. The van der Waals surface area contributed by atoms with Crippen LogP contribution in [0.1, 0.15) is 43.7 Å². The Balaban J connectivity index is 0.00000289. The maximum Gasteiger partial charge on any atom is 0.243 e. The number of aromatic nitrogens is 2. The minimum Gasteiger partial charge on any atom is -0.497 e. The summed E-state index contributed by atoms with van der Waals surface area (Å²) in [5.41, 5.74) is 4.03. The first-order valence-corrected chi connectivity index (χ1v) is 12.2. The van der Waals surface area contributed by atoms with E-state index in [0.717, 1.165) is 47.4 Å². The van der Waals surface area contributed by atoms with Crippen LogP contribution in [0.15, 0.2) is 78.9 Å². The van der Waals surface area contributed by atoms with Gasteiger partial charge in [0, 0.05) is 11.6 Å². The number of nitrogens with one attached hydrogen (secondary N) is 1. The first-order chi connectivity index (χ1) is 16.7. The largest absolute Gasteiger partial charge is 0.497 e. The van der Waals surface area contributed by atoms with Crippen LogP contribution in [0.4, 0.5) is 0 Å². The summed E-state index contributed by atoms with van der Waals surface area (Å²) in [4.78, 5) is 18.8. The van der Waals surface area contributed by atoms with Crippen molar-refractivity contribution in [3.8, 4) is 17.1 Å². The molecule has 4 aromatic rings. The Kier molecular flexibility index (Phi) is 8.09. The third-order valence-electron chi connectivity index (χ3n) is 6.79. The molecule has 35 heavy (non-hydrogen) atoms. The molecule has 1 atom stereocenters. The highest BCUT2D eigenvalue weighted by molar-refractivity contribution is 5.87. The maximum atomic E-state index is 13.8. The van der Waals surface area contributed by atoms with Crippen LogP contribution in [0.2, 0.25) is 0 Å². The van der Waals surface area contributed by atoms with Gasteiger partial charge in [0.25, 0.3) is 0 Å². The number of para-hydroxylation sites is 2. The predicted molar refractivity (Wildman–Crippen MR) is 143 cm³/mol. The number of amides is 1. The molecule has 6 heteroatoms. The van der Waals surface area contributed by atoms with Crippen molar-refractivity contribution in [3.05, 3.63) is 84.4 Å². The Labute approximate surface area is 212 Å². The van der Waals surface area contributed by atoms with Gasteiger partial charge in [0.1, 0.15) is 17.6 Å². The monoisotopic (exact) mass is 489 g/mol. The highest BCUT2D eigenvalue weighted by Gasteiger charge is 2.28. The molecule has 1 fully saturated rings. The highest BCUT2D eigenvalue weighted by atomic mass is 35.5. The van der Waals surface area contributed by atoms with Gasteiger partial charge in [0.2, 0.25) is 5.91 Å². The van der Waals surface area contributed by atoms with Gasteiger partial charge in [-0.25, -0.2) is 4.98 Å². The fourth-order valence-electron chi connectivity index (χ4n) is 5.02. The fourth-order valence-corrected chi connectivity index (χ4v) is 5.02. The summed E-state index contributed by atoms with van der Waals surface area (Å²) in [5, 5.41) is 3.36. The van der Waals surface area contributed by atoms with Crippen LogP contribution < -0.4 is 10.1 Å². The van der Waals surface area contributed by atoms with Gasteiger partial charge in [-0.05, 0) is 55.5 Å². The van der Waals surface area contributed by atoms with Crippen molar-refractivity contribution in [3.63, 3.8) is 0 Å². The van der Waals surface area contributed by atoms with Gasteiger partial charge < -0.3 is 14.6 Å². The number of aryl methyl sites for hydroxylation is 1. The Hall–Kier alpha value is -3.31. The zero-order chi connectivity index (χ0) is 23.3. The van der Waals surface area contributed by atoms with E-state index in [0.29, 0.717) is 6.42 Å². The lowest BCUT2D eigenvalue weighted by molar-refractivity contribution is -0.125. The van der Waals surface area contributed by atoms with E-state index in [4.69, 9.17) is 9.72 Å². The lowest BCUT2D eigenvalue weighted by Crippen LogP contribution is -2.38. The maximum absolute atomic E-state index is 13.8. The molecule has 1 aromatic heterocycles. The molecule has 1 unspecified atom stereocenters. The molecule has 0 bridgehead atoms. The van der Waals surface area contributed by atoms with E-state index in [2.05, 4.69) is 40.2 Å². The second-order valence-corrected chi connectivity index (χ2v) is 9.06. The molecular weight excluding hydrogens is 458 g/mol. The number of ether oxygens (including phenoxy) is 1. The van der Waals surface area contributed by atoms with Crippen LogP contribution in [0.25, 0.3) is 22.4 Å². The van der Waals surface area contributed by atoms with Gasteiger partial charge in [0.15, 0.2) is 0 Å². The average Bonchev–Trinajstić information content (AvgIpc) is 3.53. The fraction of sp³-hybridized carbons (Fsp3) is 0.310. The minimum atomic E-state index is -0.366. The number of methoxy groups -OCH3 is 1. The number of hydrogen-bond acceptors (Lipinski definition) is 3. The van der Waals surface area contributed by atoms with Crippen molar-refractivity contribution in [1.82, 2.24) is 14.9 Å². The first kappa shape index (κ1) is 24.8. The van der Waals surface area contributed by atoms with Crippen LogP contribution in [-0.2, 0) is 11.2 Å². The van der Waals surface area contributed by atoms with Crippen molar-refractivity contribution in [2.75, 3.05) is 7.11 Å². The summed E-state index contributed by atoms with van der Waals surface area (Å²) in [5.74, 6) is 1.64. The molecule has 1 heterocycles. The lowest BCUT2D eigenvalue weighted by Gasteiger charge is -2.24. The van der Waals surface area contributed by atoms with E-state index in [-0.39, 0.29) is 30.4 Å². The van der Waals surface area contributed by atoms with E-state index in [1.165, 1.54) is 18.4 Å². The predicted octanol–water partition coefficient (Wildman–Crippen LogP) is 6.37. The van der Waals surface area contributed by atoms with Crippen LogP contribution in [0.5, 0.6) is 5.75 Å². The number of carbonyl (C=O) groups is 1. The van der Waals surface area contributed by atoms with Crippen LogP contribution in [0, 0.1) is 0 Å². The molecule has 1 N–H and O–H groups in total. The number of rotatable bonds is 8. The smallest absolute Gasteiger partial charge is 0.243 e. The van der Waals surface area contributed by atoms with Crippen molar-refractivity contribution in [2.24, 2.45) is 0 Å². The third kappa shape index (κ3) is 5.51. The Morgan fingerprint density at radius 2 is 1.77 bits per heavy atom. The van der Waals surface area contributed by atoms with E-state index in [1.807, 2.05) is 48.5 Å². The topological polar surface area (TPSA) is 56.2 Å². The number of fused-ring (bicyclic) bond motifs is 1. The molecule has 0 radical (unpaired) electrons. The number of imidazole rings is 1. The first-order valence-electron chi connectivity index (χ1n) is 12.2. The van der Waals surface area contributed by atoms with E-state index in [1.54, 1.807) is 7.11 Å². The molecule has 0 saturated heterocycles. The molecular formula is C29H32ClN3O2. The van der Waals surface area contributed by atoms with E-state index < -0.39 is 0 Å². The van der Waals surface area contributed by atoms with Gasteiger partial charge in [-0.15, -0.1) is 12.4 Å². The lowest BCUT2D eigenvalue weighted by atomic mass is 10.0. The number of nitrogens with zero attached hydrogens (tertiary/aromatic N) is 2. The van der Waals surface area contributed by atoms with Crippen molar-refractivity contribution in [1.29, 1.82) is 0 Å². The van der Waals surface area contributed by atoms with Gasteiger partial charge >= 0.3 is 0 Å². The molecule has 3 aromatic carbocycles. The number of hydrogen-bond donors (Lipinski definition) is 1. The van der Waals surface area contributed by atoms with E-state index in [9.17, 15) is 4.79 Å². The van der Waals surface area contributed by atoms with Gasteiger partial charge in [-0.3, -0.25) is 4.79 Å². The van der Waals surface area contributed by atoms with Crippen LogP contribution >= 0.6 is 12.4 Å². The average molecular weight is 490 g/mol. The zero-order valence-corrected chi connectivity index (χ0v) is 20.8.